The highest BCUT2D eigenvalue weighted by Gasteiger charge is 1.94. The summed E-state index contributed by atoms with van der Waals surface area (Å²) >= 11 is 0. The van der Waals surface area contributed by atoms with Gasteiger partial charge in [0.2, 0.25) is 5.56 Å². The van der Waals surface area contributed by atoms with E-state index in [-0.39, 0.29) is 5.56 Å². The number of benzene rings is 1. The van der Waals surface area contributed by atoms with E-state index in [1.807, 2.05) is 18.2 Å². The van der Waals surface area contributed by atoms with Gasteiger partial charge in [-0.1, -0.05) is 6.07 Å². The van der Waals surface area contributed by atoms with E-state index in [1.165, 1.54) is 6.07 Å². The third-order valence-electron chi connectivity index (χ3n) is 1.97. The number of hydrazone groups is 1. The molecule has 0 saturated heterocycles. The quantitative estimate of drug-likeness (QED) is 0.394. The van der Waals surface area contributed by atoms with Gasteiger partial charge in [0.1, 0.15) is 0 Å². The SMILES string of the molecule is NN=Cc1ccc2[nH]c(=O)ccc2c1. The van der Waals surface area contributed by atoms with Crippen LogP contribution in [0.2, 0.25) is 0 Å². The van der Waals surface area contributed by atoms with Crippen LogP contribution in [-0.4, -0.2) is 11.2 Å². The van der Waals surface area contributed by atoms with Gasteiger partial charge in [-0.3, -0.25) is 4.79 Å². The molecule has 1 aromatic carbocycles. The number of aromatic amines is 1. The highest BCUT2D eigenvalue weighted by atomic mass is 16.1. The van der Waals surface area contributed by atoms with Gasteiger partial charge in [0.15, 0.2) is 0 Å². The summed E-state index contributed by atoms with van der Waals surface area (Å²) in [7, 11) is 0. The topological polar surface area (TPSA) is 71.2 Å². The Morgan fingerprint density at radius 3 is 2.93 bits per heavy atom. The zero-order valence-electron chi connectivity index (χ0n) is 7.40. The Morgan fingerprint density at radius 1 is 1.29 bits per heavy atom. The van der Waals surface area contributed by atoms with Crippen LogP contribution in [0.3, 0.4) is 0 Å². The van der Waals surface area contributed by atoms with E-state index in [4.69, 9.17) is 5.84 Å². The Kier molecular flexibility index (Phi) is 2.02. The van der Waals surface area contributed by atoms with Gasteiger partial charge in [-0.25, -0.2) is 0 Å². The van der Waals surface area contributed by atoms with Gasteiger partial charge in [-0.15, -0.1) is 0 Å². The normalized spacial score (nSPS) is 11.1. The molecule has 4 nitrogen and oxygen atoms in total. The molecule has 3 N–H and O–H groups in total. The van der Waals surface area contributed by atoms with Crippen molar-refractivity contribution in [3.63, 3.8) is 0 Å². The van der Waals surface area contributed by atoms with Gasteiger partial charge in [0.05, 0.1) is 6.21 Å². The molecular weight excluding hydrogens is 178 g/mol. The molecule has 0 unspecified atom stereocenters. The summed E-state index contributed by atoms with van der Waals surface area (Å²) in [5.74, 6) is 5.04. The molecule has 0 amide bonds. The van der Waals surface area contributed by atoms with E-state index in [0.717, 1.165) is 16.5 Å². The van der Waals surface area contributed by atoms with Crippen LogP contribution in [-0.2, 0) is 0 Å². The lowest BCUT2D eigenvalue weighted by Crippen LogP contribution is -2.02. The number of H-pyrrole nitrogens is 1. The average Bonchev–Trinajstić information content (AvgIpc) is 2.19. The smallest absolute Gasteiger partial charge is 0.248 e. The average molecular weight is 187 g/mol. The van der Waals surface area contributed by atoms with Crippen molar-refractivity contribution in [3.05, 3.63) is 46.2 Å². The van der Waals surface area contributed by atoms with Crippen LogP contribution >= 0.6 is 0 Å². The molecule has 0 radical (unpaired) electrons. The van der Waals surface area contributed by atoms with E-state index in [0.29, 0.717) is 0 Å². The largest absolute Gasteiger partial charge is 0.323 e. The van der Waals surface area contributed by atoms with Crippen LogP contribution in [0.4, 0.5) is 0 Å². The van der Waals surface area contributed by atoms with Gasteiger partial charge >= 0.3 is 0 Å². The van der Waals surface area contributed by atoms with Crippen LogP contribution in [0.15, 0.2) is 40.2 Å². The fraction of sp³-hybridized carbons (Fsp3) is 0. The second kappa shape index (κ2) is 3.33. The summed E-state index contributed by atoms with van der Waals surface area (Å²) in [5, 5.41) is 4.39. The number of fused-ring (bicyclic) bond motifs is 1. The first-order chi connectivity index (χ1) is 6.79. The maximum absolute atomic E-state index is 11.0. The lowest BCUT2D eigenvalue weighted by Gasteiger charge is -1.97. The number of nitrogens with zero attached hydrogens (tertiary/aromatic N) is 1. The molecule has 0 saturated carbocycles. The molecule has 1 heterocycles. The minimum atomic E-state index is -0.0993. The summed E-state index contributed by atoms with van der Waals surface area (Å²) in [6.45, 7) is 0. The Labute approximate surface area is 80.1 Å². The number of pyridine rings is 1. The standard InChI is InChI=1S/C10H9N3O/c11-12-6-7-1-3-9-8(5-7)2-4-10(14)13-9/h1-6H,11H2,(H,13,14). The van der Waals surface area contributed by atoms with E-state index in [1.54, 1.807) is 12.3 Å². The molecule has 0 spiro atoms. The van der Waals surface area contributed by atoms with Gasteiger partial charge < -0.3 is 10.8 Å². The van der Waals surface area contributed by atoms with Crippen LogP contribution in [0.5, 0.6) is 0 Å². The van der Waals surface area contributed by atoms with Crippen molar-refractivity contribution in [1.29, 1.82) is 0 Å². The number of aromatic nitrogens is 1. The molecule has 0 atom stereocenters. The number of hydrogen-bond acceptors (Lipinski definition) is 3. The van der Waals surface area contributed by atoms with Crippen LogP contribution in [0.25, 0.3) is 10.9 Å². The molecule has 0 aliphatic rings. The minimum Gasteiger partial charge on any atom is -0.323 e. The molecule has 2 rings (SSSR count). The van der Waals surface area contributed by atoms with Crippen molar-refractivity contribution in [3.8, 4) is 0 Å². The molecule has 0 fully saturated rings. The summed E-state index contributed by atoms with van der Waals surface area (Å²) in [5.41, 5.74) is 1.62. The van der Waals surface area contributed by atoms with Crippen LogP contribution < -0.4 is 11.4 Å². The highest BCUT2D eigenvalue weighted by Crippen LogP contribution is 2.10. The van der Waals surface area contributed by atoms with Crippen molar-refractivity contribution in [2.45, 2.75) is 0 Å². The van der Waals surface area contributed by atoms with Crippen molar-refractivity contribution in [2.24, 2.45) is 10.9 Å². The summed E-state index contributed by atoms with van der Waals surface area (Å²) < 4.78 is 0. The van der Waals surface area contributed by atoms with Gasteiger partial charge in [-0.05, 0) is 29.1 Å². The fourth-order valence-corrected chi connectivity index (χ4v) is 1.34. The second-order valence-electron chi connectivity index (χ2n) is 2.95. The van der Waals surface area contributed by atoms with Crippen LogP contribution in [0.1, 0.15) is 5.56 Å². The van der Waals surface area contributed by atoms with Gasteiger partial charge in [0, 0.05) is 11.6 Å². The molecular formula is C10H9N3O. The van der Waals surface area contributed by atoms with E-state index in [2.05, 4.69) is 10.1 Å². The molecule has 0 bridgehead atoms. The molecule has 1 aromatic heterocycles. The molecule has 14 heavy (non-hydrogen) atoms. The lowest BCUT2D eigenvalue weighted by molar-refractivity contribution is 1.26. The fourth-order valence-electron chi connectivity index (χ4n) is 1.34. The summed E-state index contributed by atoms with van der Waals surface area (Å²) in [6.07, 6.45) is 1.56. The van der Waals surface area contributed by atoms with Gasteiger partial charge in [0.25, 0.3) is 0 Å². The highest BCUT2D eigenvalue weighted by molar-refractivity contribution is 5.88. The van der Waals surface area contributed by atoms with E-state index < -0.39 is 0 Å². The predicted molar refractivity (Wildman–Crippen MR) is 56.4 cm³/mol. The van der Waals surface area contributed by atoms with Crippen molar-refractivity contribution >= 4 is 17.1 Å². The van der Waals surface area contributed by atoms with Crippen molar-refractivity contribution in [1.82, 2.24) is 4.98 Å². The van der Waals surface area contributed by atoms with Crippen molar-refractivity contribution in [2.75, 3.05) is 0 Å². The Balaban J connectivity index is 2.67. The third kappa shape index (κ3) is 1.50. The summed E-state index contributed by atoms with van der Waals surface area (Å²) in [4.78, 5) is 13.7. The minimum absolute atomic E-state index is 0.0993. The second-order valence-corrected chi connectivity index (χ2v) is 2.95. The first kappa shape index (κ1) is 8.50. The van der Waals surface area contributed by atoms with Gasteiger partial charge in [-0.2, -0.15) is 5.10 Å². The summed E-state index contributed by atoms with van der Waals surface area (Å²) in [6, 6.07) is 8.83. The Hall–Kier alpha value is -2.10. The van der Waals surface area contributed by atoms with E-state index in [9.17, 15) is 4.79 Å². The zero-order valence-corrected chi connectivity index (χ0v) is 7.40. The third-order valence-corrected chi connectivity index (χ3v) is 1.97. The Morgan fingerprint density at radius 2 is 2.14 bits per heavy atom. The lowest BCUT2D eigenvalue weighted by atomic mass is 10.1. The predicted octanol–water partition coefficient (Wildman–Crippen LogP) is 0.821. The Bertz CT molecular complexity index is 542. The molecule has 2 aromatic rings. The van der Waals surface area contributed by atoms with E-state index >= 15 is 0 Å². The van der Waals surface area contributed by atoms with Crippen LogP contribution in [0, 0.1) is 0 Å². The number of nitrogens with two attached hydrogens (primary N) is 1. The monoisotopic (exact) mass is 187 g/mol. The molecule has 0 aliphatic heterocycles. The number of nitrogens with one attached hydrogen (secondary N) is 1. The first-order valence-electron chi connectivity index (χ1n) is 4.16. The maximum atomic E-state index is 11.0. The molecule has 0 aliphatic carbocycles. The maximum Gasteiger partial charge on any atom is 0.248 e. The zero-order chi connectivity index (χ0) is 9.97. The first-order valence-corrected chi connectivity index (χ1v) is 4.16. The number of rotatable bonds is 1. The molecule has 4 heteroatoms. The molecule has 70 valence electrons. The number of hydrogen-bond donors (Lipinski definition) is 2. The van der Waals surface area contributed by atoms with Crippen molar-refractivity contribution < 1.29 is 0 Å².